The molecule has 0 saturated carbocycles. The van der Waals surface area contributed by atoms with Crippen LogP contribution in [-0.4, -0.2) is 6.08 Å². The molecule has 1 N–H and O–H groups in total. The predicted octanol–water partition coefficient (Wildman–Crippen LogP) is 3.46. The van der Waals surface area contributed by atoms with E-state index in [4.69, 9.17) is 10.2 Å². The summed E-state index contributed by atoms with van der Waals surface area (Å²) in [5.74, 6) is 0. The smallest absolute Gasteiger partial charge is 0.222 e. The van der Waals surface area contributed by atoms with Crippen molar-refractivity contribution in [2.45, 2.75) is 27.7 Å². The van der Waals surface area contributed by atoms with E-state index >= 15 is 0 Å². The van der Waals surface area contributed by atoms with Gasteiger partial charge in [0.25, 0.3) is 0 Å². The zero-order valence-corrected chi connectivity index (χ0v) is 9.77. The number of hydrogen-bond acceptors (Lipinski definition) is 2. The summed E-state index contributed by atoms with van der Waals surface area (Å²) in [5.41, 5.74) is 6.76. The first-order valence-electron chi connectivity index (χ1n) is 4.73. The molecule has 0 aliphatic carbocycles. The van der Waals surface area contributed by atoms with Crippen LogP contribution in [0, 0.1) is 33.1 Å². The van der Waals surface area contributed by atoms with Crippen LogP contribution >= 0.6 is 0 Å². The van der Waals surface area contributed by atoms with Gasteiger partial charge >= 0.3 is 0 Å². The van der Waals surface area contributed by atoms with Gasteiger partial charge in [-0.15, -0.1) is 0 Å². The molecule has 1 aromatic carbocycles. The normalized spacial score (nSPS) is 8.53. The predicted molar refractivity (Wildman–Crippen MR) is 63.9 cm³/mol. The molecule has 0 fully saturated rings. The van der Waals surface area contributed by atoms with E-state index in [0.717, 1.165) is 6.08 Å². The van der Waals surface area contributed by atoms with Crippen molar-refractivity contribution in [3.63, 3.8) is 0 Å². The van der Waals surface area contributed by atoms with E-state index in [0.29, 0.717) is 0 Å². The molecule has 80 valence electrons. The van der Waals surface area contributed by atoms with Crippen LogP contribution < -0.4 is 0 Å². The van der Waals surface area contributed by atoms with Crippen LogP contribution in [0.1, 0.15) is 27.8 Å². The Morgan fingerprint density at radius 2 is 1.67 bits per heavy atom. The van der Waals surface area contributed by atoms with Crippen molar-refractivity contribution in [2.75, 3.05) is 0 Å². The highest BCUT2D eigenvalue weighted by atomic mass is 16.1. The minimum Gasteiger partial charge on any atom is -0.222 e. The van der Waals surface area contributed by atoms with Crippen LogP contribution in [0.25, 0.3) is 6.08 Å². The third kappa shape index (κ3) is 3.19. The second-order valence-electron chi connectivity index (χ2n) is 3.46. The Kier molecular flexibility index (Phi) is 5.29. The van der Waals surface area contributed by atoms with Crippen molar-refractivity contribution in [3.8, 4) is 0 Å². The molecule has 0 spiro atoms. The molecule has 0 heterocycles. The minimum atomic E-state index is 0.750. The third-order valence-corrected chi connectivity index (χ3v) is 2.74. The summed E-state index contributed by atoms with van der Waals surface area (Å²) >= 11 is 0. The fourth-order valence-electron chi connectivity index (χ4n) is 1.46. The van der Waals surface area contributed by atoms with Gasteiger partial charge in [0.05, 0.1) is 0 Å². The summed E-state index contributed by atoms with van der Waals surface area (Å²) < 4.78 is 0. The molecule has 1 aromatic rings. The molecule has 0 saturated heterocycles. The molecule has 0 aromatic heterocycles. The van der Waals surface area contributed by atoms with Crippen molar-refractivity contribution >= 4 is 12.2 Å². The summed E-state index contributed by atoms with van der Waals surface area (Å²) in [6, 6.07) is 2.20. The van der Waals surface area contributed by atoms with Gasteiger partial charge in [-0.1, -0.05) is 18.7 Å². The second kappa shape index (κ2) is 5.94. The first-order chi connectivity index (χ1) is 6.99. The van der Waals surface area contributed by atoms with Crippen LogP contribution in [-0.2, 0) is 4.79 Å². The molecule has 0 radical (unpaired) electrons. The molecule has 1 rings (SSSR count). The van der Waals surface area contributed by atoms with Crippen LogP contribution in [0.15, 0.2) is 12.6 Å². The van der Waals surface area contributed by atoms with Gasteiger partial charge in [0.2, 0.25) is 6.08 Å². The minimum absolute atomic E-state index is 0.750. The Labute approximate surface area is 91.1 Å². The Morgan fingerprint density at radius 1 is 1.20 bits per heavy atom. The van der Waals surface area contributed by atoms with Crippen molar-refractivity contribution in [1.82, 2.24) is 0 Å². The van der Waals surface area contributed by atoms with Gasteiger partial charge in [0.1, 0.15) is 0 Å². The lowest BCUT2D eigenvalue weighted by Gasteiger charge is -2.11. The van der Waals surface area contributed by atoms with Gasteiger partial charge in [-0.3, -0.25) is 0 Å². The highest BCUT2D eigenvalue weighted by molar-refractivity contribution is 5.57. The average molecular weight is 203 g/mol. The molecular formula is C13H17NO. The van der Waals surface area contributed by atoms with Gasteiger partial charge in [-0.05, 0) is 55.5 Å². The zero-order valence-electron chi connectivity index (χ0n) is 9.77. The van der Waals surface area contributed by atoms with Crippen molar-refractivity contribution in [1.29, 1.82) is 5.41 Å². The Morgan fingerprint density at radius 3 is 2.07 bits per heavy atom. The van der Waals surface area contributed by atoms with Gasteiger partial charge in [0.15, 0.2) is 0 Å². The molecule has 0 unspecified atom stereocenters. The van der Waals surface area contributed by atoms with Crippen LogP contribution in [0.4, 0.5) is 0 Å². The topological polar surface area (TPSA) is 40.9 Å². The molecule has 0 aliphatic heterocycles. The maximum absolute atomic E-state index is 8.35. The second-order valence-corrected chi connectivity index (χ2v) is 3.46. The summed E-state index contributed by atoms with van der Waals surface area (Å²) in [4.78, 5) is 8.35. The molecule has 0 atom stereocenters. The first-order valence-corrected chi connectivity index (χ1v) is 4.73. The molecule has 0 aliphatic rings. The fraction of sp³-hybridized carbons (Fsp3) is 0.308. The highest BCUT2D eigenvalue weighted by Gasteiger charge is 2.03. The van der Waals surface area contributed by atoms with Gasteiger partial charge in [0, 0.05) is 0 Å². The number of benzene rings is 1. The summed E-state index contributed by atoms with van der Waals surface area (Å²) in [7, 11) is 0. The van der Waals surface area contributed by atoms with E-state index in [1.165, 1.54) is 27.8 Å². The average Bonchev–Trinajstić information content (AvgIpc) is 2.21. The molecule has 2 nitrogen and oxygen atoms in total. The van der Waals surface area contributed by atoms with Gasteiger partial charge in [-0.2, -0.15) is 0 Å². The van der Waals surface area contributed by atoms with Crippen molar-refractivity contribution in [3.05, 3.63) is 40.5 Å². The van der Waals surface area contributed by atoms with E-state index in [9.17, 15) is 0 Å². The highest BCUT2D eigenvalue weighted by Crippen LogP contribution is 2.21. The molecule has 0 bridgehead atoms. The van der Waals surface area contributed by atoms with E-state index in [-0.39, 0.29) is 0 Å². The number of carbonyl (C=O) groups excluding carboxylic acids is 1. The van der Waals surface area contributed by atoms with E-state index in [1.807, 2.05) is 6.08 Å². The van der Waals surface area contributed by atoms with Gasteiger partial charge < -0.3 is 0 Å². The van der Waals surface area contributed by atoms with Crippen LogP contribution in [0.2, 0.25) is 0 Å². The summed E-state index contributed by atoms with van der Waals surface area (Å²) in [5, 5.41) is 5.40. The third-order valence-electron chi connectivity index (χ3n) is 2.74. The number of rotatable bonds is 1. The summed E-state index contributed by atoms with van der Waals surface area (Å²) in [6.07, 6.45) is 2.68. The zero-order chi connectivity index (χ0) is 12.0. The van der Waals surface area contributed by atoms with E-state index < -0.39 is 0 Å². The lowest BCUT2D eigenvalue weighted by Crippen LogP contribution is -1.93. The molecular weight excluding hydrogens is 186 g/mol. The molecule has 0 amide bonds. The molecule has 15 heavy (non-hydrogen) atoms. The SMILES string of the molecule is C=Cc1cc(C)c(C)c(C)c1C.N=C=O. The quantitative estimate of drug-likeness (QED) is 0.551. The standard InChI is InChI=1S/C12H16.CHNO/c1-6-12-7-8(2)9(3)10(4)11(12)5;2-1-3/h6-7H,1H2,2-5H3;2H. The number of isocyanates is 1. The van der Waals surface area contributed by atoms with Gasteiger partial charge in [-0.25, -0.2) is 10.2 Å². The largest absolute Gasteiger partial charge is 0.231 e. The number of hydrogen-bond donors (Lipinski definition) is 1. The first kappa shape index (κ1) is 13.3. The maximum Gasteiger partial charge on any atom is 0.231 e. The lowest BCUT2D eigenvalue weighted by molar-refractivity contribution is 0.563. The summed E-state index contributed by atoms with van der Waals surface area (Å²) in [6.45, 7) is 12.4. The van der Waals surface area contributed by atoms with Crippen LogP contribution in [0.5, 0.6) is 0 Å². The van der Waals surface area contributed by atoms with E-state index in [1.54, 1.807) is 0 Å². The lowest BCUT2D eigenvalue weighted by atomic mass is 9.95. The Hall–Kier alpha value is -1.66. The number of aryl methyl sites for hydroxylation is 1. The Bertz CT molecular complexity index is 399. The van der Waals surface area contributed by atoms with Crippen LogP contribution in [0.3, 0.4) is 0 Å². The van der Waals surface area contributed by atoms with E-state index in [2.05, 4.69) is 40.3 Å². The Balaban J connectivity index is 0.000000583. The van der Waals surface area contributed by atoms with Crippen molar-refractivity contribution < 1.29 is 4.79 Å². The number of nitrogens with one attached hydrogen (secondary N) is 1. The fourth-order valence-corrected chi connectivity index (χ4v) is 1.46. The van der Waals surface area contributed by atoms with Crippen molar-refractivity contribution in [2.24, 2.45) is 0 Å². The monoisotopic (exact) mass is 203 g/mol. The maximum atomic E-state index is 8.35. The molecule has 2 heteroatoms.